The maximum atomic E-state index is 12.1. The van der Waals surface area contributed by atoms with E-state index in [2.05, 4.69) is 20.5 Å². The molecule has 0 saturated carbocycles. The predicted molar refractivity (Wildman–Crippen MR) is 93.1 cm³/mol. The van der Waals surface area contributed by atoms with Crippen molar-refractivity contribution in [3.05, 3.63) is 54.2 Å². The summed E-state index contributed by atoms with van der Waals surface area (Å²) in [6.07, 6.45) is 3.85. The second kappa shape index (κ2) is 8.11. The maximum Gasteiger partial charge on any atom is 0.308 e. The molecule has 0 fully saturated rings. The Bertz CT molecular complexity index is 880. The standard InChI is InChI=1S/C18H18N4O4/c1-24-14-6-5-12(10-15(14)25-2)7-9-20-16(23)18-22-21-17(26-18)13-4-3-8-19-11-13/h3-6,8,10-11H,7,9H2,1-2H3,(H,20,23). The molecule has 0 bridgehead atoms. The predicted octanol–water partition coefficient (Wildman–Crippen LogP) is 2.12. The van der Waals surface area contributed by atoms with E-state index in [0.717, 1.165) is 5.56 Å². The SMILES string of the molecule is COc1ccc(CCNC(=O)c2nnc(-c3cccnc3)o2)cc1OC. The lowest BCUT2D eigenvalue weighted by Gasteiger charge is -2.09. The number of methoxy groups -OCH3 is 2. The van der Waals surface area contributed by atoms with E-state index >= 15 is 0 Å². The van der Waals surface area contributed by atoms with E-state index in [-0.39, 0.29) is 11.8 Å². The molecule has 0 spiro atoms. The van der Waals surface area contributed by atoms with Crippen LogP contribution in [0.1, 0.15) is 16.2 Å². The molecule has 0 aliphatic rings. The van der Waals surface area contributed by atoms with Crippen LogP contribution in [-0.2, 0) is 6.42 Å². The second-order valence-electron chi connectivity index (χ2n) is 5.35. The van der Waals surface area contributed by atoms with Crippen LogP contribution in [0.15, 0.2) is 47.1 Å². The second-order valence-corrected chi connectivity index (χ2v) is 5.35. The first-order valence-corrected chi connectivity index (χ1v) is 7.94. The fourth-order valence-corrected chi connectivity index (χ4v) is 2.35. The molecule has 3 rings (SSSR count). The van der Waals surface area contributed by atoms with E-state index in [9.17, 15) is 4.79 Å². The fraction of sp³-hybridized carbons (Fsp3) is 0.222. The van der Waals surface area contributed by atoms with Crippen LogP contribution in [0, 0.1) is 0 Å². The topological polar surface area (TPSA) is 99.4 Å². The first kappa shape index (κ1) is 17.4. The van der Waals surface area contributed by atoms with Gasteiger partial charge < -0.3 is 19.2 Å². The number of carbonyl (C=O) groups is 1. The van der Waals surface area contributed by atoms with Crippen molar-refractivity contribution in [1.29, 1.82) is 0 Å². The summed E-state index contributed by atoms with van der Waals surface area (Å²) < 4.78 is 15.9. The third-order valence-corrected chi connectivity index (χ3v) is 3.67. The van der Waals surface area contributed by atoms with Crippen LogP contribution in [0.4, 0.5) is 0 Å². The molecule has 0 aliphatic heterocycles. The largest absolute Gasteiger partial charge is 0.493 e. The third kappa shape index (κ3) is 3.97. The number of hydrogen-bond donors (Lipinski definition) is 1. The van der Waals surface area contributed by atoms with Crippen LogP contribution in [0.3, 0.4) is 0 Å². The number of pyridine rings is 1. The molecule has 0 radical (unpaired) electrons. The van der Waals surface area contributed by atoms with Crippen molar-refractivity contribution in [2.45, 2.75) is 6.42 Å². The van der Waals surface area contributed by atoms with Gasteiger partial charge in [0.2, 0.25) is 5.89 Å². The van der Waals surface area contributed by atoms with E-state index in [1.807, 2.05) is 18.2 Å². The number of hydrogen-bond acceptors (Lipinski definition) is 7. The summed E-state index contributed by atoms with van der Waals surface area (Å²) >= 11 is 0. The highest BCUT2D eigenvalue weighted by Gasteiger charge is 2.15. The molecule has 8 nitrogen and oxygen atoms in total. The molecule has 0 aliphatic carbocycles. The lowest BCUT2D eigenvalue weighted by atomic mass is 10.1. The highest BCUT2D eigenvalue weighted by molar-refractivity contribution is 5.89. The molecule has 2 heterocycles. The average Bonchev–Trinajstić information content (AvgIpc) is 3.19. The number of nitrogens with one attached hydrogen (secondary N) is 1. The average molecular weight is 354 g/mol. The molecule has 2 aromatic heterocycles. The molecule has 8 heteroatoms. The molecule has 1 amide bonds. The molecule has 1 N–H and O–H groups in total. The van der Waals surface area contributed by atoms with E-state index in [0.29, 0.717) is 30.0 Å². The first-order chi connectivity index (χ1) is 12.7. The van der Waals surface area contributed by atoms with Crippen LogP contribution in [-0.4, -0.2) is 41.9 Å². The summed E-state index contributed by atoms with van der Waals surface area (Å²) in [6, 6.07) is 9.15. The van der Waals surface area contributed by atoms with Crippen molar-refractivity contribution in [3.63, 3.8) is 0 Å². The van der Waals surface area contributed by atoms with Crippen LogP contribution in [0.25, 0.3) is 11.5 Å². The van der Waals surface area contributed by atoms with E-state index < -0.39 is 5.91 Å². The Morgan fingerprint density at radius 1 is 1.15 bits per heavy atom. The van der Waals surface area contributed by atoms with Gasteiger partial charge in [-0.3, -0.25) is 9.78 Å². The summed E-state index contributed by atoms with van der Waals surface area (Å²) in [5.74, 6) is 1.05. The highest BCUT2D eigenvalue weighted by Crippen LogP contribution is 2.27. The first-order valence-electron chi connectivity index (χ1n) is 7.94. The third-order valence-electron chi connectivity index (χ3n) is 3.67. The summed E-state index contributed by atoms with van der Waals surface area (Å²) in [5, 5.41) is 10.4. The number of rotatable bonds is 7. The summed E-state index contributed by atoms with van der Waals surface area (Å²) in [5.41, 5.74) is 1.66. The number of nitrogens with zero attached hydrogens (tertiary/aromatic N) is 3. The van der Waals surface area contributed by atoms with Gasteiger partial charge in [0, 0.05) is 18.9 Å². The molecule has 134 valence electrons. The highest BCUT2D eigenvalue weighted by atomic mass is 16.5. The van der Waals surface area contributed by atoms with Crippen LogP contribution >= 0.6 is 0 Å². The van der Waals surface area contributed by atoms with Gasteiger partial charge in [-0.05, 0) is 36.2 Å². The van der Waals surface area contributed by atoms with Gasteiger partial charge in [-0.15, -0.1) is 10.2 Å². The van der Waals surface area contributed by atoms with Crippen LogP contribution in [0.2, 0.25) is 0 Å². The Kier molecular flexibility index (Phi) is 5.43. The Morgan fingerprint density at radius 3 is 2.73 bits per heavy atom. The van der Waals surface area contributed by atoms with E-state index in [1.165, 1.54) is 0 Å². The van der Waals surface area contributed by atoms with Crippen LogP contribution < -0.4 is 14.8 Å². The van der Waals surface area contributed by atoms with Gasteiger partial charge >= 0.3 is 11.8 Å². The molecule has 0 unspecified atom stereocenters. The molecule has 3 aromatic rings. The number of ether oxygens (including phenoxy) is 2. The van der Waals surface area contributed by atoms with Gasteiger partial charge in [-0.25, -0.2) is 0 Å². The van der Waals surface area contributed by atoms with Gasteiger partial charge in [0.05, 0.1) is 19.8 Å². The minimum atomic E-state index is -0.423. The Labute approximate surface area is 150 Å². The van der Waals surface area contributed by atoms with Gasteiger partial charge in [0.15, 0.2) is 11.5 Å². The van der Waals surface area contributed by atoms with Crippen molar-refractivity contribution >= 4 is 5.91 Å². The Balaban J connectivity index is 1.57. The van der Waals surface area contributed by atoms with E-state index in [4.69, 9.17) is 13.9 Å². The van der Waals surface area contributed by atoms with Gasteiger partial charge in [0.1, 0.15) is 0 Å². The maximum absolute atomic E-state index is 12.1. The summed E-state index contributed by atoms with van der Waals surface area (Å²) in [6.45, 7) is 0.416. The normalized spacial score (nSPS) is 10.4. The monoisotopic (exact) mass is 354 g/mol. The molecular weight excluding hydrogens is 336 g/mol. The lowest BCUT2D eigenvalue weighted by molar-refractivity contribution is 0.0920. The smallest absolute Gasteiger partial charge is 0.308 e. The summed E-state index contributed by atoms with van der Waals surface area (Å²) in [4.78, 5) is 16.1. The van der Waals surface area contributed by atoms with E-state index in [1.54, 1.807) is 38.7 Å². The number of amides is 1. The van der Waals surface area contributed by atoms with Gasteiger partial charge in [-0.2, -0.15) is 0 Å². The molecule has 1 aromatic carbocycles. The minimum absolute atomic E-state index is 0.0869. The minimum Gasteiger partial charge on any atom is -0.493 e. The van der Waals surface area contributed by atoms with Crippen molar-refractivity contribution in [2.75, 3.05) is 20.8 Å². The zero-order valence-electron chi connectivity index (χ0n) is 14.4. The molecule has 0 atom stereocenters. The quantitative estimate of drug-likeness (QED) is 0.694. The zero-order chi connectivity index (χ0) is 18.4. The van der Waals surface area contributed by atoms with Gasteiger partial charge in [0.25, 0.3) is 0 Å². The number of aromatic nitrogens is 3. The van der Waals surface area contributed by atoms with Crippen molar-refractivity contribution < 1.29 is 18.7 Å². The van der Waals surface area contributed by atoms with Crippen molar-refractivity contribution in [1.82, 2.24) is 20.5 Å². The molecular formula is C18H18N4O4. The van der Waals surface area contributed by atoms with Crippen molar-refractivity contribution in [2.24, 2.45) is 0 Å². The fourth-order valence-electron chi connectivity index (χ4n) is 2.35. The number of benzene rings is 1. The molecule has 26 heavy (non-hydrogen) atoms. The van der Waals surface area contributed by atoms with Crippen LogP contribution in [0.5, 0.6) is 11.5 Å². The number of carbonyl (C=O) groups excluding carboxylic acids is 1. The van der Waals surface area contributed by atoms with Crippen molar-refractivity contribution in [3.8, 4) is 23.0 Å². The molecule has 0 saturated heterocycles. The Hall–Kier alpha value is -3.42. The zero-order valence-corrected chi connectivity index (χ0v) is 14.4. The lowest BCUT2D eigenvalue weighted by Crippen LogP contribution is -2.26. The summed E-state index contributed by atoms with van der Waals surface area (Å²) in [7, 11) is 3.17. The van der Waals surface area contributed by atoms with Gasteiger partial charge in [-0.1, -0.05) is 6.07 Å². The Morgan fingerprint density at radius 2 is 2.00 bits per heavy atom.